The second-order valence-corrected chi connectivity index (χ2v) is 6.45. The molecule has 1 aliphatic carbocycles. The Labute approximate surface area is 151 Å². The van der Waals surface area contributed by atoms with E-state index in [1.165, 1.54) is 26.2 Å². The van der Waals surface area contributed by atoms with E-state index in [9.17, 15) is 9.59 Å². The average Bonchev–Trinajstić information content (AvgIpc) is 3.09. The Balaban J connectivity index is 1.50. The van der Waals surface area contributed by atoms with Crippen LogP contribution >= 0.6 is 0 Å². The van der Waals surface area contributed by atoms with E-state index in [4.69, 9.17) is 4.52 Å². The summed E-state index contributed by atoms with van der Waals surface area (Å²) >= 11 is 0. The molecule has 138 valence electrons. The summed E-state index contributed by atoms with van der Waals surface area (Å²) in [6.45, 7) is 1.59. The van der Waals surface area contributed by atoms with Crippen molar-refractivity contribution in [2.75, 3.05) is 10.6 Å². The van der Waals surface area contributed by atoms with Crippen molar-refractivity contribution in [1.29, 1.82) is 0 Å². The van der Waals surface area contributed by atoms with Crippen LogP contribution in [0.5, 0.6) is 0 Å². The Morgan fingerprint density at radius 2 is 1.88 bits per heavy atom. The van der Waals surface area contributed by atoms with E-state index in [-0.39, 0.29) is 18.5 Å². The molecule has 0 atom stereocenters. The van der Waals surface area contributed by atoms with Crippen molar-refractivity contribution in [3.63, 3.8) is 0 Å². The summed E-state index contributed by atoms with van der Waals surface area (Å²) in [6, 6.07) is 6.51. The molecule has 3 amide bonds. The third kappa shape index (κ3) is 5.05. The van der Waals surface area contributed by atoms with E-state index in [0.29, 0.717) is 23.2 Å². The molecule has 0 saturated heterocycles. The SMILES string of the molecule is CC(=O)Nc1cccc(NC(=O)NCc2nc(C3CCCCC3)no2)c1. The smallest absolute Gasteiger partial charge is 0.319 e. The molecule has 26 heavy (non-hydrogen) atoms. The third-order valence-electron chi connectivity index (χ3n) is 4.30. The fourth-order valence-corrected chi connectivity index (χ4v) is 3.08. The number of amides is 3. The van der Waals surface area contributed by atoms with Crippen molar-refractivity contribution < 1.29 is 14.1 Å². The Bertz CT molecular complexity index is 768. The van der Waals surface area contributed by atoms with E-state index in [0.717, 1.165) is 18.7 Å². The van der Waals surface area contributed by atoms with Gasteiger partial charge in [-0.2, -0.15) is 4.98 Å². The summed E-state index contributed by atoms with van der Waals surface area (Å²) in [5.41, 5.74) is 1.19. The molecule has 8 nitrogen and oxygen atoms in total. The minimum absolute atomic E-state index is 0.164. The van der Waals surface area contributed by atoms with Crippen LogP contribution in [0.4, 0.5) is 16.2 Å². The Kier molecular flexibility index (Phi) is 5.83. The molecule has 3 N–H and O–H groups in total. The first-order chi connectivity index (χ1) is 12.6. The number of hydrogen-bond donors (Lipinski definition) is 3. The van der Waals surface area contributed by atoms with Gasteiger partial charge in [0.25, 0.3) is 0 Å². The first-order valence-electron chi connectivity index (χ1n) is 8.85. The van der Waals surface area contributed by atoms with Gasteiger partial charge < -0.3 is 20.5 Å². The van der Waals surface area contributed by atoms with E-state index in [1.54, 1.807) is 24.3 Å². The van der Waals surface area contributed by atoms with Crippen molar-refractivity contribution in [3.05, 3.63) is 36.0 Å². The molecule has 0 aliphatic heterocycles. The van der Waals surface area contributed by atoms with Crippen molar-refractivity contribution in [2.24, 2.45) is 0 Å². The highest BCUT2D eigenvalue weighted by Gasteiger charge is 2.20. The molecule has 0 bridgehead atoms. The normalized spacial score (nSPS) is 14.7. The molecule has 0 spiro atoms. The maximum absolute atomic E-state index is 12.0. The lowest BCUT2D eigenvalue weighted by atomic mass is 9.89. The quantitative estimate of drug-likeness (QED) is 0.760. The van der Waals surface area contributed by atoms with Crippen LogP contribution in [0.2, 0.25) is 0 Å². The number of anilines is 2. The van der Waals surface area contributed by atoms with Crippen molar-refractivity contribution in [3.8, 4) is 0 Å². The number of nitrogens with zero attached hydrogens (tertiary/aromatic N) is 2. The van der Waals surface area contributed by atoms with E-state index in [1.807, 2.05) is 0 Å². The first kappa shape index (κ1) is 17.9. The van der Waals surface area contributed by atoms with E-state index < -0.39 is 0 Å². The molecule has 1 aromatic heterocycles. The van der Waals surface area contributed by atoms with Crippen LogP contribution in [-0.2, 0) is 11.3 Å². The van der Waals surface area contributed by atoms with Gasteiger partial charge in [0, 0.05) is 24.2 Å². The monoisotopic (exact) mass is 357 g/mol. The standard InChI is InChI=1S/C18H23N5O3/c1-12(24)20-14-8-5-9-15(10-14)21-18(25)19-11-16-22-17(23-26-16)13-6-3-2-4-7-13/h5,8-10,13H,2-4,6-7,11H2,1H3,(H,20,24)(H2,19,21,25). The maximum atomic E-state index is 12.0. The Hall–Kier alpha value is -2.90. The highest BCUT2D eigenvalue weighted by atomic mass is 16.5. The summed E-state index contributed by atoms with van der Waals surface area (Å²) in [4.78, 5) is 27.5. The van der Waals surface area contributed by atoms with Gasteiger partial charge in [0.05, 0.1) is 6.54 Å². The molecule has 2 aromatic rings. The molecule has 1 aromatic carbocycles. The molecule has 0 radical (unpaired) electrons. The maximum Gasteiger partial charge on any atom is 0.319 e. The predicted octanol–water partition coefficient (Wildman–Crippen LogP) is 3.40. The van der Waals surface area contributed by atoms with Crippen molar-refractivity contribution in [1.82, 2.24) is 15.5 Å². The predicted molar refractivity (Wildman–Crippen MR) is 96.7 cm³/mol. The van der Waals surface area contributed by atoms with Crippen LogP contribution in [-0.4, -0.2) is 22.1 Å². The molecular formula is C18H23N5O3. The topological polar surface area (TPSA) is 109 Å². The van der Waals surface area contributed by atoms with Gasteiger partial charge in [-0.05, 0) is 31.0 Å². The fraction of sp³-hybridized carbons (Fsp3) is 0.444. The Morgan fingerprint density at radius 1 is 1.15 bits per heavy atom. The summed E-state index contributed by atoms with van der Waals surface area (Å²) in [5.74, 6) is 1.33. The van der Waals surface area contributed by atoms with Crippen molar-refractivity contribution >= 4 is 23.3 Å². The number of carbonyl (C=O) groups is 2. The van der Waals surface area contributed by atoms with Gasteiger partial charge in [-0.25, -0.2) is 4.79 Å². The van der Waals surface area contributed by atoms with Gasteiger partial charge >= 0.3 is 6.03 Å². The molecule has 1 saturated carbocycles. The largest absolute Gasteiger partial charge is 0.337 e. The molecule has 8 heteroatoms. The molecule has 1 aliphatic rings. The lowest BCUT2D eigenvalue weighted by Gasteiger charge is -2.17. The zero-order chi connectivity index (χ0) is 18.4. The number of rotatable bonds is 5. The van der Waals surface area contributed by atoms with E-state index >= 15 is 0 Å². The number of nitrogens with one attached hydrogen (secondary N) is 3. The minimum Gasteiger partial charge on any atom is -0.337 e. The number of urea groups is 1. The molecule has 1 fully saturated rings. The van der Waals surface area contributed by atoms with Crippen LogP contribution in [0.15, 0.2) is 28.8 Å². The Morgan fingerprint density at radius 3 is 2.62 bits per heavy atom. The molecule has 0 unspecified atom stereocenters. The summed E-state index contributed by atoms with van der Waals surface area (Å²) in [5, 5.41) is 12.1. The number of hydrogen-bond acceptors (Lipinski definition) is 5. The lowest BCUT2D eigenvalue weighted by Crippen LogP contribution is -2.28. The summed E-state index contributed by atoms with van der Waals surface area (Å²) in [7, 11) is 0. The molecule has 3 rings (SSSR count). The average molecular weight is 357 g/mol. The highest BCUT2D eigenvalue weighted by Crippen LogP contribution is 2.30. The minimum atomic E-state index is -0.387. The zero-order valence-corrected chi connectivity index (χ0v) is 14.7. The van der Waals surface area contributed by atoms with Gasteiger partial charge in [-0.3, -0.25) is 4.79 Å². The highest BCUT2D eigenvalue weighted by molar-refractivity contribution is 5.92. The molecule has 1 heterocycles. The first-order valence-corrected chi connectivity index (χ1v) is 8.85. The summed E-state index contributed by atoms with van der Waals surface area (Å²) < 4.78 is 5.23. The van der Waals surface area contributed by atoms with Gasteiger partial charge in [0.2, 0.25) is 11.8 Å². The third-order valence-corrected chi connectivity index (χ3v) is 4.30. The van der Waals surface area contributed by atoms with E-state index in [2.05, 4.69) is 26.1 Å². The summed E-state index contributed by atoms with van der Waals surface area (Å²) in [6.07, 6.45) is 5.86. The fourth-order valence-electron chi connectivity index (χ4n) is 3.08. The second kappa shape index (κ2) is 8.46. The van der Waals surface area contributed by atoms with Crippen LogP contribution < -0.4 is 16.0 Å². The second-order valence-electron chi connectivity index (χ2n) is 6.45. The number of carbonyl (C=O) groups excluding carboxylic acids is 2. The van der Waals surface area contributed by atoms with Crippen LogP contribution in [0.3, 0.4) is 0 Å². The number of aromatic nitrogens is 2. The van der Waals surface area contributed by atoms with Crippen LogP contribution in [0.1, 0.15) is 56.7 Å². The zero-order valence-electron chi connectivity index (χ0n) is 14.7. The number of benzene rings is 1. The van der Waals surface area contributed by atoms with Gasteiger partial charge in [-0.1, -0.05) is 30.5 Å². The van der Waals surface area contributed by atoms with Gasteiger partial charge in [-0.15, -0.1) is 0 Å². The van der Waals surface area contributed by atoms with Gasteiger partial charge in [0.15, 0.2) is 5.82 Å². The van der Waals surface area contributed by atoms with Crippen LogP contribution in [0, 0.1) is 0 Å². The van der Waals surface area contributed by atoms with Crippen LogP contribution in [0.25, 0.3) is 0 Å². The lowest BCUT2D eigenvalue weighted by molar-refractivity contribution is -0.114. The van der Waals surface area contributed by atoms with Gasteiger partial charge in [0.1, 0.15) is 0 Å². The molecular weight excluding hydrogens is 334 g/mol. The van der Waals surface area contributed by atoms with Crippen molar-refractivity contribution in [2.45, 2.75) is 51.5 Å².